The lowest BCUT2D eigenvalue weighted by molar-refractivity contribution is -0.141. The van der Waals surface area contributed by atoms with Crippen LogP contribution in [0.25, 0.3) is 0 Å². The number of nitrogens with zero attached hydrogens (tertiary/aromatic N) is 1. The molecule has 2 amide bonds. The maximum atomic E-state index is 12.6. The SMILES string of the molecule is O=C(CCOc1ccccc1)NCc1ccc(C(=O)N2CCCC2C(=O)O)cc1. The molecule has 2 N–H and O–H groups in total. The average Bonchev–Trinajstić information content (AvgIpc) is 3.23. The molecule has 1 heterocycles. The maximum absolute atomic E-state index is 12.6. The molecule has 1 fully saturated rings. The van der Waals surface area contributed by atoms with Crippen molar-refractivity contribution in [3.8, 4) is 5.75 Å². The molecule has 0 spiro atoms. The molecule has 2 aromatic rings. The van der Waals surface area contributed by atoms with Crippen LogP contribution >= 0.6 is 0 Å². The zero-order valence-electron chi connectivity index (χ0n) is 16.0. The van der Waals surface area contributed by atoms with Crippen LogP contribution < -0.4 is 10.1 Å². The van der Waals surface area contributed by atoms with Crippen molar-refractivity contribution in [1.82, 2.24) is 10.2 Å². The molecule has 7 heteroatoms. The predicted molar refractivity (Wildman–Crippen MR) is 107 cm³/mol. The van der Waals surface area contributed by atoms with Crippen molar-refractivity contribution in [3.63, 3.8) is 0 Å². The summed E-state index contributed by atoms with van der Waals surface area (Å²) < 4.78 is 5.50. The molecule has 1 atom stereocenters. The van der Waals surface area contributed by atoms with Gasteiger partial charge < -0.3 is 20.1 Å². The number of carboxylic acid groups (broad SMARTS) is 1. The minimum atomic E-state index is -0.966. The van der Waals surface area contributed by atoms with Gasteiger partial charge in [-0.2, -0.15) is 0 Å². The van der Waals surface area contributed by atoms with Gasteiger partial charge in [0.1, 0.15) is 11.8 Å². The first kappa shape index (κ1) is 20.4. The Morgan fingerprint density at radius 3 is 2.48 bits per heavy atom. The summed E-state index contributed by atoms with van der Waals surface area (Å²) in [7, 11) is 0. The smallest absolute Gasteiger partial charge is 0.326 e. The number of para-hydroxylation sites is 1. The van der Waals surface area contributed by atoms with Gasteiger partial charge in [-0.15, -0.1) is 0 Å². The Balaban J connectivity index is 1.44. The zero-order chi connectivity index (χ0) is 20.6. The van der Waals surface area contributed by atoms with Crippen LogP contribution in [0.3, 0.4) is 0 Å². The Labute approximate surface area is 169 Å². The fourth-order valence-corrected chi connectivity index (χ4v) is 3.26. The van der Waals surface area contributed by atoms with Gasteiger partial charge in [-0.05, 0) is 42.7 Å². The zero-order valence-corrected chi connectivity index (χ0v) is 16.0. The summed E-state index contributed by atoms with van der Waals surface area (Å²) in [5.74, 6) is -0.638. The summed E-state index contributed by atoms with van der Waals surface area (Å²) in [5, 5.41) is 12.0. The van der Waals surface area contributed by atoms with Crippen LogP contribution in [0.5, 0.6) is 5.75 Å². The van der Waals surface area contributed by atoms with E-state index >= 15 is 0 Å². The lowest BCUT2D eigenvalue weighted by Crippen LogP contribution is -2.40. The molecule has 0 aromatic heterocycles. The molecule has 29 heavy (non-hydrogen) atoms. The highest BCUT2D eigenvalue weighted by Gasteiger charge is 2.34. The lowest BCUT2D eigenvalue weighted by atomic mass is 10.1. The van der Waals surface area contributed by atoms with Gasteiger partial charge >= 0.3 is 5.97 Å². The quantitative estimate of drug-likeness (QED) is 0.715. The number of hydrogen-bond acceptors (Lipinski definition) is 4. The molecule has 1 unspecified atom stereocenters. The van der Waals surface area contributed by atoms with Gasteiger partial charge in [0.05, 0.1) is 13.0 Å². The van der Waals surface area contributed by atoms with Gasteiger partial charge in [0.2, 0.25) is 5.91 Å². The number of benzene rings is 2. The Morgan fingerprint density at radius 1 is 1.07 bits per heavy atom. The van der Waals surface area contributed by atoms with Gasteiger partial charge in [-0.3, -0.25) is 9.59 Å². The molecule has 1 saturated heterocycles. The van der Waals surface area contributed by atoms with Crippen LogP contribution in [-0.2, 0) is 16.1 Å². The molecular weight excluding hydrogens is 372 g/mol. The second-order valence-corrected chi connectivity index (χ2v) is 6.88. The second-order valence-electron chi connectivity index (χ2n) is 6.88. The Morgan fingerprint density at radius 2 is 1.79 bits per heavy atom. The van der Waals surface area contributed by atoms with E-state index in [1.54, 1.807) is 24.3 Å². The predicted octanol–water partition coefficient (Wildman–Crippen LogP) is 2.46. The summed E-state index contributed by atoms with van der Waals surface area (Å²) >= 11 is 0. The number of aliphatic carboxylic acids is 1. The Kier molecular flexibility index (Phi) is 6.84. The first-order valence-corrected chi connectivity index (χ1v) is 9.62. The second kappa shape index (κ2) is 9.73. The van der Waals surface area contributed by atoms with E-state index in [4.69, 9.17) is 4.74 Å². The van der Waals surface area contributed by atoms with E-state index in [9.17, 15) is 19.5 Å². The van der Waals surface area contributed by atoms with Crippen molar-refractivity contribution >= 4 is 17.8 Å². The molecule has 7 nitrogen and oxygen atoms in total. The van der Waals surface area contributed by atoms with E-state index in [0.717, 1.165) is 11.3 Å². The largest absolute Gasteiger partial charge is 0.493 e. The molecule has 2 aromatic carbocycles. The van der Waals surface area contributed by atoms with E-state index in [0.29, 0.717) is 38.1 Å². The van der Waals surface area contributed by atoms with Crippen molar-refractivity contribution in [2.75, 3.05) is 13.2 Å². The third kappa shape index (κ3) is 5.57. The van der Waals surface area contributed by atoms with Crippen LogP contribution in [0.1, 0.15) is 35.2 Å². The summed E-state index contributed by atoms with van der Waals surface area (Å²) in [4.78, 5) is 37.2. The van der Waals surface area contributed by atoms with E-state index in [2.05, 4.69) is 5.32 Å². The third-order valence-electron chi connectivity index (χ3n) is 4.83. The summed E-state index contributed by atoms with van der Waals surface area (Å²) in [6.07, 6.45) is 1.43. The molecule has 1 aliphatic heterocycles. The molecule has 1 aliphatic rings. The van der Waals surface area contributed by atoms with Gasteiger partial charge in [0.15, 0.2) is 0 Å². The highest BCUT2D eigenvalue weighted by atomic mass is 16.5. The van der Waals surface area contributed by atoms with Crippen molar-refractivity contribution in [1.29, 1.82) is 0 Å². The molecule has 0 bridgehead atoms. The number of carbonyl (C=O) groups excluding carboxylic acids is 2. The first-order chi connectivity index (χ1) is 14.0. The number of likely N-dealkylation sites (tertiary alicyclic amines) is 1. The number of nitrogens with one attached hydrogen (secondary N) is 1. The van der Waals surface area contributed by atoms with Crippen LogP contribution in [0.2, 0.25) is 0 Å². The van der Waals surface area contributed by atoms with Crippen molar-refractivity contribution in [3.05, 3.63) is 65.7 Å². The Hall–Kier alpha value is -3.35. The number of ether oxygens (including phenoxy) is 1. The number of carboxylic acids is 1. The minimum Gasteiger partial charge on any atom is -0.493 e. The Bertz CT molecular complexity index is 851. The fourth-order valence-electron chi connectivity index (χ4n) is 3.26. The number of carbonyl (C=O) groups is 3. The molecular formula is C22H24N2O5. The fraction of sp³-hybridized carbons (Fsp3) is 0.318. The molecule has 152 valence electrons. The van der Waals surface area contributed by atoms with Gasteiger partial charge in [-0.25, -0.2) is 4.79 Å². The average molecular weight is 396 g/mol. The van der Waals surface area contributed by atoms with Crippen LogP contribution in [0.4, 0.5) is 0 Å². The summed E-state index contributed by atoms with van der Waals surface area (Å²) in [6, 6.07) is 15.4. The van der Waals surface area contributed by atoms with Crippen LogP contribution in [0, 0.1) is 0 Å². The molecule has 0 radical (unpaired) electrons. The number of rotatable bonds is 8. The van der Waals surface area contributed by atoms with Crippen LogP contribution in [0.15, 0.2) is 54.6 Å². The summed E-state index contributed by atoms with van der Waals surface area (Å²) in [6.45, 7) is 1.10. The minimum absolute atomic E-state index is 0.123. The topological polar surface area (TPSA) is 95.9 Å². The molecule has 0 saturated carbocycles. The number of hydrogen-bond donors (Lipinski definition) is 2. The molecule has 3 rings (SSSR count). The third-order valence-corrected chi connectivity index (χ3v) is 4.83. The van der Waals surface area contributed by atoms with Crippen LogP contribution in [-0.4, -0.2) is 47.0 Å². The lowest BCUT2D eigenvalue weighted by Gasteiger charge is -2.21. The van der Waals surface area contributed by atoms with E-state index in [1.807, 2.05) is 30.3 Å². The maximum Gasteiger partial charge on any atom is 0.326 e. The monoisotopic (exact) mass is 396 g/mol. The van der Waals surface area contributed by atoms with E-state index < -0.39 is 12.0 Å². The van der Waals surface area contributed by atoms with Gasteiger partial charge in [0, 0.05) is 18.7 Å². The summed E-state index contributed by atoms with van der Waals surface area (Å²) in [5.41, 5.74) is 1.31. The van der Waals surface area contributed by atoms with Gasteiger partial charge in [0.25, 0.3) is 5.91 Å². The van der Waals surface area contributed by atoms with Crippen molar-refractivity contribution < 1.29 is 24.2 Å². The van der Waals surface area contributed by atoms with Gasteiger partial charge in [-0.1, -0.05) is 30.3 Å². The highest BCUT2D eigenvalue weighted by Crippen LogP contribution is 2.20. The highest BCUT2D eigenvalue weighted by molar-refractivity contribution is 5.97. The first-order valence-electron chi connectivity index (χ1n) is 9.62. The normalized spacial score (nSPS) is 15.7. The van der Waals surface area contributed by atoms with Crippen molar-refractivity contribution in [2.45, 2.75) is 31.8 Å². The van der Waals surface area contributed by atoms with Crippen molar-refractivity contribution in [2.24, 2.45) is 0 Å². The molecule has 0 aliphatic carbocycles. The standard InChI is InChI=1S/C22H24N2O5/c25-20(12-14-29-18-5-2-1-3-6-18)23-15-16-8-10-17(11-9-16)21(26)24-13-4-7-19(24)22(27)28/h1-3,5-6,8-11,19H,4,7,12-15H2,(H,23,25)(H,27,28). The van der Waals surface area contributed by atoms with E-state index in [-0.39, 0.29) is 18.2 Å². The van der Waals surface area contributed by atoms with E-state index in [1.165, 1.54) is 4.90 Å². The number of amides is 2.